The number of methoxy groups -OCH3 is 1. The van der Waals surface area contributed by atoms with E-state index >= 15 is 0 Å². The van der Waals surface area contributed by atoms with Gasteiger partial charge in [0.2, 0.25) is 0 Å². The maximum Gasteiger partial charge on any atom is 0.178 e. The summed E-state index contributed by atoms with van der Waals surface area (Å²) < 4.78 is 5.11. The Balaban J connectivity index is 1.95. The normalized spacial score (nSPS) is 10.6. The number of aromatic nitrogens is 3. The van der Waals surface area contributed by atoms with Crippen LogP contribution in [0.4, 0.5) is 11.5 Å². The molecule has 0 aliphatic rings. The van der Waals surface area contributed by atoms with Crippen LogP contribution < -0.4 is 10.1 Å². The highest BCUT2D eigenvalue weighted by Crippen LogP contribution is 2.29. The Bertz CT molecular complexity index is 725. The van der Waals surface area contributed by atoms with Crippen molar-refractivity contribution in [1.29, 1.82) is 0 Å². The Labute approximate surface area is 114 Å². The molecule has 5 nitrogen and oxygen atoms in total. The van der Waals surface area contributed by atoms with E-state index in [0.717, 1.165) is 16.7 Å². The molecule has 0 spiro atoms. The summed E-state index contributed by atoms with van der Waals surface area (Å²) in [6, 6.07) is 9.22. The molecule has 3 aromatic rings. The zero-order chi connectivity index (χ0) is 13.2. The fraction of sp³-hybridized carbons (Fsp3) is 0.0769. The molecule has 0 amide bonds. The van der Waals surface area contributed by atoms with Gasteiger partial charge in [0.05, 0.1) is 17.6 Å². The third-order valence-electron chi connectivity index (χ3n) is 2.73. The Morgan fingerprint density at radius 1 is 1.32 bits per heavy atom. The second kappa shape index (κ2) is 4.78. The molecule has 2 aromatic heterocycles. The van der Waals surface area contributed by atoms with Crippen molar-refractivity contribution in [2.45, 2.75) is 0 Å². The number of aromatic amines is 1. The molecule has 0 fully saturated rings. The second-order valence-corrected chi connectivity index (χ2v) is 4.35. The van der Waals surface area contributed by atoms with Gasteiger partial charge in [-0.25, -0.2) is 0 Å². The Morgan fingerprint density at radius 2 is 2.21 bits per heavy atom. The monoisotopic (exact) mass is 274 g/mol. The number of nitrogens with one attached hydrogen (secondary N) is 2. The van der Waals surface area contributed by atoms with E-state index < -0.39 is 0 Å². The maximum atomic E-state index is 6.08. The number of nitrogens with zero attached hydrogens (tertiary/aromatic N) is 2. The van der Waals surface area contributed by atoms with E-state index in [1.54, 1.807) is 25.4 Å². The number of benzene rings is 1. The first-order chi connectivity index (χ1) is 9.28. The molecule has 0 unspecified atom stereocenters. The lowest BCUT2D eigenvalue weighted by Crippen LogP contribution is -1.93. The van der Waals surface area contributed by atoms with Crippen LogP contribution >= 0.6 is 11.6 Å². The van der Waals surface area contributed by atoms with Crippen molar-refractivity contribution >= 4 is 34.1 Å². The molecule has 0 aliphatic carbocycles. The predicted molar refractivity (Wildman–Crippen MR) is 75.2 cm³/mol. The number of ether oxygens (including phenoxy) is 1. The van der Waals surface area contributed by atoms with Gasteiger partial charge < -0.3 is 10.1 Å². The van der Waals surface area contributed by atoms with Gasteiger partial charge in [-0.15, -0.1) is 0 Å². The summed E-state index contributed by atoms with van der Waals surface area (Å²) in [6.45, 7) is 0. The van der Waals surface area contributed by atoms with Crippen LogP contribution in [-0.4, -0.2) is 22.3 Å². The van der Waals surface area contributed by atoms with E-state index in [2.05, 4.69) is 20.5 Å². The van der Waals surface area contributed by atoms with Crippen molar-refractivity contribution in [2.75, 3.05) is 12.4 Å². The third kappa shape index (κ3) is 2.20. The minimum Gasteiger partial charge on any atom is -0.495 e. The van der Waals surface area contributed by atoms with Gasteiger partial charge in [0, 0.05) is 11.9 Å². The minimum absolute atomic E-state index is 0.542. The molecule has 6 heteroatoms. The fourth-order valence-electron chi connectivity index (χ4n) is 1.82. The molecule has 96 valence electrons. The Kier molecular flexibility index (Phi) is 2.97. The lowest BCUT2D eigenvalue weighted by Gasteiger charge is -2.06. The van der Waals surface area contributed by atoms with Gasteiger partial charge in [0.25, 0.3) is 0 Å². The first-order valence-corrected chi connectivity index (χ1v) is 6.05. The lowest BCUT2D eigenvalue weighted by atomic mass is 10.3. The number of anilines is 2. The van der Waals surface area contributed by atoms with Crippen LogP contribution in [0.15, 0.2) is 36.5 Å². The van der Waals surface area contributed by atoms with E-state index in [4.69, 9.17) is 16.3 Å². The van der Waals surface area contributed by atoms with Crippen LogP contribution in [0.2, 0.25) is 5.02 Å². The molecule has 1 aromatic carbocycles. The van der Waals surface area contributed by atoms with Gasteiger partial charge in [0.1, 0.15) is 11.3 Å². The summed E-state index contributed by atoms with van der Waals surface area (Å²) in [5.41, 5.74) is 2.49. The summed E-state index contributed by atoms with van der Waals surface area (Å²) in [7, 11) is 1.58. The number of halogens is 1. The highest BCUT2D eigenvalue weighted by molar-refractivity contribution is 6.32. The van der Waals surface area contributed by atoms with Gasteiger partial charge in [-0.1, -0.05) is 11.6 Å². The quantitative estimate of drug-likeness (QED) is 0.769. The standard InChI is InChI=1S/C13H11ClN4O/c1-19-11-5-4-8(7-9(11)14)16-13-12-10(17-18-13)3-2-6-15-12/h2-7H,1H3,(H2,16,17,18). The van der Waals surface area contributed by atoms with Crippen LogP contribution in [0.1, 0.15) is 0 Å². The van der Waals surface area contributed by atoms with Crippen LogP contribution in [0.5, 0.6) is 5.75 Å². The van der Waals surface area contributed by atoms with Gasteiger partial charge >= 0.3 is 0 Å². The zero-order valence-corrected chi connectivity index (χ0v) is 10.9. The molecule has 0 bridgehead atoms. The van der Waals surface area contributed by atoms with Gasteiger partial charge in [-0.2, -0.15) is 5.10 Å². The van der Waals surface area contributed by atoms with Crippen molar-refractivity contribution in [3.8, 4) is 5.75 Å². The average molecular weight is 275 g/mol. The molecule has 0 saturated heterocycles. The minimum atomic E-state index is 0.542. The smallest absolute Gasteiger partial charge is 0.178 e. The van der Waals surface area contributed by atoms with E-state index in [0.29, 0.717) is 16.6 Å². The van der Waals surface area contributed by atoms with Crippen molar-refractivity contribution in [3.63, 3.8) is 0 Å². The predicted octanol–water partition coefficient (Wildman–Crippen LogP) is 3.36. The molecular weight excluding hydrogens is 264 g/mol. The molecule has 2 heterocycles. The number of pyridine rings is 1. The number of fused-ring (bicyclic) bond motifs is 1. The van der Waals surface area contributed by atoms with Gasteiger partial charge in [-0.3, -0.25) is 10.1 Å². The molecule has 0 radical (unpaired) electrons. The molecule has 2 N–H and O–H groups in total. The lowest BCUT2D eigenvalue weighted by molar-refractivity contribution is 0.415. The number of H-pyrrole nitrogens is 1. The van der Waals surface area contributed by atoms with Gasteiger partial charge in [-0.05, 0) is 30.3 Å². The largest absolute Gasteiger partial charge is 0.495 e. The van der Waals surface area contributed by atoms with Crippen molar-refractivity contribution < 1.29 is 4.74 Å². The molecule has 3 rings (SSSR count). The van der Waals surface area contributed by atoms with Crippen LogP contribution in [0.3, 0.4) is 0 Å². The SMILES string of the molecule is COc1ccc(Nc2n[nH]c3cccnc23)cc1Cl. The molecule has 0 atom stereocenters. The Hall–Kier alpha value is -2.27. The highest BCUT2D eigenvalue weighted by Gasteiger charge is 2.07. The average Bonchev–Trinajstić information content (AvgIpc) is 2.83. The number of hydrogen-bond donors (Lipinski definition) is 2. The second-order valence-electron chi connectivity index (χ2n) is 3.95. The van der Waals surface area contributed by atoms with E-state index in [1.165, 1.54) is 0 Å². The van der Waals surface area contributed by atoms with Crippen molar-refractivity contribution in [2.24, 2.45) is 0 Å². The Morgan fingerprint density at radius 3 is 3.00 bits per heavy atom. The zero-order valence-electron chi connectivity index (χ0n) is 10.1. The summed E-state index contributed by atoms with van der Waals surface area (Å²) in [5.74, 6) is 1.30. The topological polar surface area (TPSA) is 62.8 Å². The van der Waals surface area contributed by atoms with Crippen molar-refractivity contribution in [3.05, 3.63) is 41.6 Å². The first kappa shape index (κ1) is 11.8. The maximum absolute atomic E-state index is 6.08. The van der Waals surface area contributed by atoms with Gasteiger partial charge in [0.15, 0.2) is 5.82 Å². The number of hydrogen-bond acceptors (Lipinski definition) is 4. The molecule has 0 aliphatic heterocycles. The third-order valence-corrected chi connectivity index (χ3v) is 3.03. The van der Waals surface area contributed by atoms with Crippen LogP contribution in [0, 0.1) is 0 Å². The summed E-state index contributed by atoms with van der Waals surface area (Å²) in [4.78, 5) is 4.28. The molecule has 0 saturated carbocycles. The van der Waals surface area contributed by atoms with Crippen LogP contribution in [-0.2, 0) is 0 Å². The van der Waals surface area contributed by atoms with Crippen LogP contribution in [0.25, 0.3) is 11.0 Å². The van der Waals surface area contributed by atoms with E-state index in [1.807, 2.05) is 18.2 Å². The first-order valence-electron chi connectivity index (χ1n) is 5.67. The molecule has 19 heavy (non-hydrogen) atoms. The van der Waals surface area contributed by atoms with E-state index in [-0.39, 0.29) is 0 Å². The summed E-state index contributed by atoms with van der Waals surface area (Å²) in [6.07, 6.45) is 1.73. The fourth-order valence-corrected chi connectivity index (χ4v) is 2.08. The number of rotatable bonds is 3. The van der Waals surface area contributed by atoms with Crippen molar-refractivity contribution in [1.82, 2.24) is 15.2 Å². The molecular formula is C13H11ClN4O. The highest BCUT2D eigenvalue weighted by atomic mass is 35.5. The van der Waals surface area contributed by atoms with E-state index in [9.17, 15) is 0 Å². The summed E-state index contributed by atoms with van der Waals surface area (Å²) in [5, 5.41) is 10.8. The summed E-state index contributed by atoms with van der Waals surface area (Å²) >= 11 is 6.08.